The standard InChI is InChI=1S/C24H25N3O6/c1-14(2)10-21(29)25-17-7-4-15(5-8-17)18(28)12-27-22(30)24(3,26-23(27)31)16-6-9-19-20(11-16)33-13-32-19/h4-9,11,14H,10,12-13H2,1-3H3,(H,25,29)(H,26,31)/t24-/m0/s1. The summed E-state index contributed by atoms with van der Waals surface area (Å²) in [6.07, 6.45) is 0.398. The lowest BCUT2D eigenvalue weighted by atomic mass is 9.91. The molecule has 1 atom stereocenters. The van der Waals surface area contributed by atoms with Crippen molar-refractivity contribution in [2.24, 2.45) is 5.92 Å². The summed E-state index contributed by atoms with van der Waals surface area (Å²) in [5.41, 5.74) is 0.0985. The van der Waals surface area contributed by atoms with Crippen LogP contribution in [0.4, 0.5) is 10.5 Å². The third kappa shape index (κ3) is 4.39. The van der Waals surface area contributed by atoms with E-state index in [4.69, 9.17) is 9.47 Å². The van der Waals surface area contributed by atoms with E-state index in [1.165, 1.54) is 0 Å². The van der Waals surface area contributed by atoms with Gasteiger partial charge in [-0.25, -0.2) is 4.79 Å². The van der Waals surface area contributed by atoms with Gasteiger partial charge in [0.25, 0.3) is 5.91 Å². The Labute approximate surface area is 191 Å². The molecule has 4 amide bonds. The fourth-order valence-electron chi connectivity index (χ4n) is 3.80. The van der Waals surface area contributed by atoms with Crippen LogP contribution in [0.15, 0.2) is 42.5 Å². The first-order chi connectivity index (χ1) is 15.7. The minimum absolute atomic E-state index is 0.0939. The van der Waals surface area contributed by atoms with E-state index in [2.05, 4.69) is 10.6 Å². The molecule has 9 heteroatoms. The summed E-state index contributed by atoms with van der Waals surface area (Å²) in [7, 11) is 0. The lowest BCUT2D eigenvalue weighted by molar-refractivity contribution is -0.130. The molecule has 0 aliphatic carbocycles. The maximum Gasteiger partial charge on any atom is 0.325 e. The van der Waals surface area contributed by atoms with E-state index >= 15 is 0 Å². The van der Waals surface area contributed by atoms with Gasteiger partial charge in [-0.2, -0.15) is 0 Å². The van der Waals surface area contributed by atoms with Gasteiger partial charge in [0.15, 0.2) is 17.3 Å². The van der Waals surface area contributed by atoms with Crippen molar-refractivity contribution in [3.05, 3.63) is 53.6 Å². The number of anilines is 1. The molecule has 0 spiro atoms. The Bertz CT molecular complexity index is 1130. The number of hydrogen-bond acceptors (Lipinski definition) is 6. The Morgan fingerprint density at radius 1 is 1.09 bits per heavy atom. The van der Waals surface area contributed by atoms with Crippen molar-refractivity contribution in [3.8, 4) is 11.5 Å². The number of rotatable bonds is 7. The molecule has 2 heterocycles. The molecule has 1 fully saturated rings. The van der Waals surface area contributed by atoms with Gasteiger partial charge >= 0.3 is 6.03 Å². The summed E-state index contributed by atoms with van der Waals surface area (Å²) in [4.78, 5) is 51.3. The molecule has 0 unspecified atom stereocenters. The molecule has 2 aliphatic heterocycles. The Morgan fingerprint density at radius 3 is 2.48 bits per heavy atom. The Kier molecular flexibility index (Phi) is 5.80. The van der Waals surface area contributed by atoms with E-state index in [0.29, 0.717) is 34.7 Å². The molecule has 0 aromatic heterocycles. The molecule has 1 saturated heterocycles. The second-order valence-electron chi connectivity index (χ2n) is 8.66. The van der Waals surface area contributed by atoms with Crippen LogP contribution in [0.3, 0.4) is 0 Å². The monoisotopic (exact) mass is 451 g/mol. The lowest BCUT2D eigenvalue weighted by Crippen LogP contribution is -2.41. The SMILES string of the molecule is CC(C)CC(=O)Nc1ccc(C(=O)CN2C(=O)N[C@@](C)(c3ccc4c(c3)OCO4)C2=O)cc1. The van der Waals surface area contributed by atoms with E-state index in [0.717, 1.165) is 4.90 Å². The molecule has 0 radical (unpaired) electrons. The lowest BCUT2D eigenvalue weighted by Gasteiger charge is -2.22. The Balaban J connectivity index is 1.44. The van der Waals surface area contributed by atoms with Gasteiger partial charge in [-0.3, -0.25) is 19.3 Å². The molecule has 0 bridgehead atoms. The normalized spacial score (nSPS) is 19.1. The number of imide groups is 1. The second-order valence-corrected chi connectivity index (χ2v) is 8.66. The van der Waals surface area contributed by atoms with Crippen LogP contribution < -0.4 is 20.1 Å². The van der Waals surface area contributed by atoms with Gasteiger partial charge in [-0.15, -0.1) is 0 Å². The minimum Gasteiger partial charge on any atom is -0.454 e. The second kappa shape index (κ2) is 8.57. The van der Waals surface area contributed by atoms with E-state index in [1.54, 1.807) is 49.4 Å². The van der Waals surface area contributed by atoms with Crippen LogP contribution in [0, 0.1) is 5.92 Å². The minimum atomic E-state index is -1.33. The Hall–Kier alpha value is -3.88. The summed E-state index contributed by atoms with van der Waals surface area (Å²) < 4.78 is 10.7. The van der Waals surface area contributed by atoms with Crippen LogP contribution in [0.2, 0.25) is 0 Å². The van der Waals surface area contributed by atoms with Gasteiger partial charge in [-0.05, 0) is 54.8 Å². The van der Waals surface area contributed by atoms with Gasteiger partial charge in [0.05, 0.1) is 6.54 Å². The van der Waals surface area contributed by atoms with Gasteiger partial charge in [0.2, 0.25) is 12.7 Å². The molecule has 2 N–H and O–H groups in total. The number of hydrogen-bond donors (Lipinski definition) is 2. The molecule has 4 rings (SSSR count). The van der Waals surface area contributed by atoms with Crippen molar-refractivity contribution in [1.82, 2.24) is 10.2 Å². The van der Waals surface area contributed by atoms with Gasteiger partial charge in [-0.1, -0.05) is 19.9 Å². The number of nitrogens with zero attached hydrogens (tertiary/aromatic N) is 1. The van der Waals surface area contributed by atoms with E-state index in [-0.39, 0.29) is 18.6 Å². The van der Waals surface area contributed by atoms with Crippen molar-refractivity contribution >= 4 is 29.3 Å². The van der Waals surface area contributed by atoms with Crippen LogP contribution in [0.25, 0.3) is 0 Å². The van der Waals surface area contributed by atoms with E-state index < -0.39 is 29.8 Å². The molecule has 33 heavy (non-hydrogen) atoms. The van der Waals surface area contributed by atoms with Crippen LogP contribution in [-0.2, 0) is 15.1 Å². The van der Waals surface area contributed by atoms with Crippen molar-refractivity contribution < 1.29 is 28.7 Å². The number of ketones is 1. The number of amides is 4. The van der Waals surface area contributed by atoms with Gasteiger partial charge in [0, 0.05) is 17.7 Å². The molecular weight excluding hydrogens is 426 g/mol. The van der Waals surface area contributed by atoms with Gasteiger partial charge < -0.3 is 20.1 Å². The van der Waals surface area contributed by atoms with Gasteiger partial charge in [0.1, 0.15) is 5.54 Å². The molecule has 2 aromatic carbocycles. The first-order valence-electron chi connectivity index (χ1n) is 10.6. The van der Waals surface area contributed by atoms with Crippen molar-refractivity contribution in [3.63, 3.8) is 0 Å². The largest absolute Gasteiger partial charge is 0.454 e. The zero-order valence-electron chi connectivity index (χ0n) is 18.6. The van der Waals surface area contributed by atoms with E-state index in [9.17, 15) is 19.2 Å². The smallest absolute Gasteiger partial charge is 0.325 e. The molecule has 9 nitrogen and oxygen atoms in total. The molecule has 2 aliphatic rings. The van der Waals surface area contributed by atoms with Crippen LogP contribution in [0.5, 0.6) is 11.5 Å². The average Bonchev–Trinajstić information content (AvgIpc) is 3.32. The van der Waals surface area contributed by atoms with Crippen molar-refractivity contribution in [1.29, 1.82) is 0 Å². The average molecular weight is 451 g/mol. The fraction of sp³-hybridized carbons (Fsp3) is 0.333. The predicted molar refractivity (Wildman–Crippen MR) is 119 cm³/mol. The summed E-state index contributed by atoms with van der Waals surface area (Å²) in [6, 6.07) is 10.7. The number of fused-ring (bicyclic) bond motifs is 1. The van der Waals surface area contributed by atoms with Crippen LogP contribution in [-0.4, -0.2) is 41.9 Å². The highest BCUT2D eigenvalue weighted by atomic mass is 16.7. The first-order valence-corrected chi connectivity index (χ1v) is 10.6. The first kappa shape index (κ1) is 22.3. The maximum absolute atomic E-state index is 13.1. The zero-order valence-corrected chi connectivity index (χ0v) is 18.6. The quantitative estimate of drug-likeness (QED) is 0.494. The van der Waals surface area contributed by atoms with Crippen molar-refractivity contribution in [2.75, 3.05) is 18.7 Å². The highest BCUT2D eigenvalue weighted by Crippen LogP contribution is 2.37. The molecule has 0 saturated carbocycles. The summed E-state index contributed by atoms with van der Waals surface area (Å²) in [5.74, 6) is 0.260. The van der Waals surface area contributed by atoms with Crippen molar-refractivity contribution in [2.45, 2.75) is 32.7 Å². The number of ether oxygens (including phenoxy) is 2. The summed E-state index contributed by atoms with van der Waals surface area (Å²) in [6.45, 7) is 5.19. The number of urea groups is 1. The number of benzene rings is 2. The number of carbonyl (C=O) groups is 4. The fourth-order valence-corrected chi connectivity index (χ4v) is 3.80. The third-order valence-corrected chi connectivity index (χ3v) is 5.61. The maximum atomic E-state index is 13.1. The predicted octanol–water partition coefficient (Wildman–Crippen LogP) is 3.05. The molecule has 172 valence electrons. The number of carbonyl (C=O) groups excluding carboxylic acids is 4. The number of nitrogens with one attached hydrogen (secondary N) is 2. The molecule has 2 aromatic rings. The summed E-state index contributed by atoms with van der Waals surface area (Å²) >= 11 is 0. The van der Waals surface area contributed by atoms with E-state index in [1.807, 2.05) is 13.8 Å². The topological polar surface area (TPSA) is 114 Å². The van der Waals surface area contributed by atoms with Crippen LogP contribution in [0.1, 0.15) is 43.1 Å². The number of Topliss-reactive ketones (excluding diaryl/α,β-unsaturated/α-hetero) is 1. The Morgan fingerprint density at radius 2 is 1.79 bits per heavy atom. The zero-order chi connectivity index (χ0) is 23.8. The highest BCUT2D eigenvalue weighted by molar-refractivity contribution is 6.11. The third-order valence-electron chi connectivity index (χ3n) is 5.61. The highest BCUT2D eigenvalue weighted by Gasteiger charge is 2.49. The molecular formula is C24H25N3O6. The van der Waals surface area contributed by atoms with Crippen LogP contribution >= 0.6 is 0 Å². The summed E-state index contributed by atoms with van der Waals surface area (Å²) in [5, 5.41) is 5.46.